The SMILES string of the molecule is CCN1C(=O)c2c(O)c(=O)c(C(=O)NCc3cccc(Cl)c3F)cn2[C@H]2CCC[C@H]21. The van der Waals surface area contributed by atoms with Gasteiger partial charge in [-0.25, -0.2) is 4.39 Å². The fourth-order valence-electron chi connectivity index (χ4n) is 4.48. The Balaban J connectivity index is 1.69. The molecule has 158 valence electrons. The largest absolute Gasteiger partial charge is 0.503 e. The molecule has 0 saturated heterocycles. The molecule has 1 aromatic heterocycles. The third-order valence-corrected chi connectivity index (χ3v) is 6.22. The van der Waals surface area contributed by atoms with E-state index in [9.17, 15) is 23.9 Å². The Bertz CT molecular complexity index is 1100. The van der Waals surface area contributed by atoms with Gasteiger partial charge in [0.1, 0.15) is 11.4 Å². The highest BCUT2D eigenvalue weighted by Gasteiger charge is 2.43. The molecular weight excluding hydrogens is 413 g/mol. The van der Waals surface area contributed by atoms with Gasteiger partial charge in [-0.05, 0) is 32.3 Å². The normalized spacial score (nSPS) is 20.1. The second-order valence-corrected chi connectivity index (χ2v) is 7.94. The number of pyridine rings is 1. The lowest BCUT2D eigenvalue weighted by atomic mass is 10.0. The maximum absolute atomic E-state index is 14.1. The molecular formula is C21H21ClFN3O4. The first-order valence-electron chi connectivity index (χ1n) is 9.85. The van der Waals surface area contributed by atoms with Crippen molar-refractivity contribution in [3.8, 4) is 5.75 Å². The van der Waals surface area contributed by atoms with Crippen LogP contribution in [0, 0.1) is 5.82 Å². The summed E-state index contributed by atoms with van der Waals surface area (Å²) >= 11 is 5.75. The number of hydrogen-bond acceptors (Lipinski definition) is 4. The van der Waals surface area contributed by atoms with Crippen molar-refractivity contribution in [3.05, 3.63) is 62.3 Å². The van der Waals surface area contributed by atoms with Crippen LogP contribution in [0.5, 0.6) is 5.75 Å². The molecule has 0 radical (unpaired) electrons. The van der Waals surface area contributed by atoms with Gasteiger partial charge in [0.25, 0.3) is 11.8 Å². The predicted octanol–water partition coefficient (Wildman–Crippen LogP) is 2.85. The fraction of sp³-hybridized carbons (Fsp3) is 0.381. The Morgan fingerprint density at radius 3 is 2.77 bits per heavy atom. The van der Waals surface area contributed by atoms with Crippen LogP contribution < -0.4 is 10.7 Å². The first kappa shape index (κ1) is 20.4. The third kappa shape index (κ3) is 3.15. The zero-order valence-electron chi connectivity index (χ0n) is 16.3. The molecule has 0 spiro atoms. The van der Waals surface area contributed by atoms with E-state index in [1.54, 1.807) is 15.5 Å². The quantitative estimate of drug-likeness (QED) is 0.775. The van der Waals surface area contributed by atoms with Gasteiger partial charge in [-0.1, -0.05) is 23.7 Å². The zero-order chi connectivity index (χ0) is 21.6. The van der Waals surface area contributed by atoms with Crippen molar-refractivity contribution in [2.24, 2.45) is 0 Å². The number of nitrogens with zero attached hydrogens (tertiary/aromatic N) is 2. The molecule has 4 rings (SSSR count). The van der Waals surface area contributed by atoms with Gasteiger partial charge in [0.05, 0.1) is 17.1 Å². The zero-order valence-corrected chi connectivity index (χ0v) is 17.1. The number of carbonyl (C=O) groups excluding carboxylic acids is 2. The second kappa shape index (κ2) is 7.75. The maximum Gasteiger partial charge on any atom is 0.274 e. The third-order valence-electron chi connectivity index (χ3n) is 5.93. The second-order valence-electron chi connectivity index (χ2n) is 7.53. The smallest absolute Gasteiger partial charge is 0.274 e. The van der Waals surface area contributed by atoms with Gasteiger partial charge in [-0.15, -0.1) is 0 Å². The van der Waals surface area contributed by atoms with Gasteiger partial charge in [0.2, 0.25) is 5.43 Å². The molecule has 1 aliphatic heterocycles. The van der Waals surface area contributed by atoms with E-state index in [4.69, 9.17) is 11.6 Å². The Labute approximate surface area is 177 Å². The van der Waals surface area contributed by atoms with Crippen LogP contribution in [0.15, 0.2) is 29.2 Å². The van der Waals surface area contributed by atoms with E-state index >= 15 is 0 Å². The standard InChI is InChI=1S/C21H21ClFN3O4/c1-2-25-14-7-4-8-15(14)26-10-12(18(27)19(28)17(26)21(25)30)20(29)24-9-11-5-3-6-13(22)16(11)23/h3,5-6,10,14-15,28H,2,4,7-9H2,1H3,(H,24,29)/t14-,15+/m1/s1. The first-order chi connectivity index (χ1) is 14.3. The topological polar surface area (TPSA) is 91.6 Å². The van der Waals surface area contributed by atoms with Crippen LogP contribution in [0.4, 0.5) is 4.39 Å². The number of halogens is 2. The number of aromatic hydroxyl groups is 1. The van der Waals surface area contributed by atoms with Gasteiger partial charge in [0, 0.05) is 24.8 Å². The predicted molar refractivity (Wildman–Crippen MR) is 108 cm³/mol. The minimum atomic E-state index is -0.925. The summed E-state index contributed by atoms with van der Waals surface area (Å²) < 4.78 is 15.6. The van der Waals surface area contributed by atoms with E-state index in [0.29, 0.717) is 6.54 Å². The summed E-state index contributed by atoms with van der Waals surface area (Å²) in [6.07, 6.45) is 3.85. The van der Waals surface area contributed by atoms with Gasteiger partial charge < -0.3 is 19.9 Å². The van der Waals surface area contributed by atoms with E-state index in [0.717, 1.165) is 19.3 Å². The van der Waals surface area contributed by atoms with Crippen molar-refractivity contribution in [2.75, 3.05) is 6.54 Å². The molecule has 2 N–H and O–H groups in total. The Kier molecular flexibility index (Phi) is 5.27. The van der Waals surface area contributed by atoms with E-state index < -0.39 is 28.8 Å². The van der Waals surface area contributed by atoms with Crippen molar-refractivity contribution in [1.82, 2.24) is 14.8 Å². The van der Waals surface area contributed by atoms with Crippen LogP contribution in [-0.4, -0.2) is 39.0 Å². The number of carbonyl (C=O) groups is 2. The number of amides is 2. The first-order valence-corrected chi connectivity index (χ1v) is 10.2. The highest BCUT2D eigenvalue weighted by molar-refractivity contribution is 6.30. The summed E-state index contributed by atoms with van der Waals surface area (Å²) in [7, 11) is 0. The van der Waals surface area contributed by atoms with Crippen LogP contribution in [0.25, 0.3) is 0 Å². The molecule has 7 nitrogen and oxygen atoms in total. The number of nitrogens with one attached hydrogen (secondary N) is 1. The van der Waals surface area contributed by atoms with E-state index in [-0.39, 0.29) is 40.5 Å². The van der Waals surface area contributed by atoms with Crippen molar-refractivity contribution in [1.29, 1.82) is 0 Å². The Morgan fingerprint density at radius 2 is 2.03 bits per heavy atom. The van der Waals surface area contributed by atoms with Gasteiger partial charge >= 0.3 is 0 Å². The summed E-state index contributed by atoms with van der Waals surface area (Å²) in [5.74, 6) is -2.55. The molecule has 9 heteroatoms. The summed E-state index contributed by atoms with van der Waals surface area (Å²) in [5.41, 5.74) is -1.13. The monoisotopic (exact) mass is 433 g/mol. The van der Waals surface area contributed by atoms with Crippen molar-refractivity contribution in [3.63, 3.8) is 0 Å². The van der Waals surface area contributed by atoms with Crippen molar-refractivity contribution >= 4 is 23.4 Å². The summed E-state index contributed by atoms with van der Waals surface area (Å²) in [6.45, 7) is 2.15. The lowest BCUT2D eigenvalue weighted by molar-refractivity contribution is 0.0563. The van der Waals surface area contributed by atoms with E-state index in [1.165, 1.54) is 18.3 Å². The van der Waals surface area contributed by atoms with Gasteiger partial charge in [-0.2, -0.15) is 0 Å². The van der Waals surface area contributed by atoms with Crippen LogP contribution in [0.3, 0.4) is 0 Å². The van der Waals surface area contributed by atoms with Crippen LogP contribution in [-0.2, 0) is 6.54 Å². The van der Waals surface area contributed by atoms with Crippen LogP contribution in [0.1, 0.15) is 58.6 Å². The molecule has 1 aromatic carbocycles. The molecule has 30 heavy (non-hydrogen) atoms. The molecule has 2 aromatic rings. The van der Waals surface area contributed by atoms with E-state index in [2.05, 4.69) is 5.32 Å². The van der Waals surface area contributed by atoms with Crippen molar-refractivity contribution < 1.29 is 19.1 Å². The molecule has 2 heterocycles. The Hall–Kier alpha value is -2.87. The number of aromatic nitrogens is 1. The molecule has 2 atom stereocenters. The molecule has 2 amide bonds. The molecule has 1 fully saturated rings. The summed E-state index contributed by atoms with van der Waals surface area (Å²) in [4.78, 5) is 39.9. The molecule has 0 bridgehead atoms. The number of rotatable bonds is 4. The molecule has 2 aliphatic rings. The van der Waals surface area contributed by atoms with Crippen LogP contribution in [0.2, 0.25) is 5.02 Å². The minimum Gasteiger partial charge on any atom is -0.503 e. The number of hydrogen-bond donors (Lipinski definition) is 2. The summed E-state index contributed by atoms with van der Waals surface area (Å²) in [6, 6.07) is 4.27. The van der Waals surface area contributed by atoms with E-state index in [1.807, 2.05) is 6.92 Å². The van der Waals surface area contributed by atoms with Gasteiger partial charge in [-0.3, -0.25) is 14.4 Å². The van der Waals surface area contributed by atoms with Crippen LogP contribution >= 0.6 is 11.6 Å². The van der Waals surface area contributed by atoms with Crippen molar-refractivity contribution in [2.45, 2.75) is 44.8 Å². The maximum atomic E-state index is 14.1. The molecule has 0 unspecified atom stereocenters. The lowest BCUT2D eigenvalue weighted by Crippen LogP contribution is -2.49. The Morgan fingerprint density at radius 1 is 1.30 bits per heavy atom. The average Bonchev–Trinajstić information content (AvgIpc) is 3.21. The highest BCUT2D eigenvalue weighted by atomic mass is 35.5. The minimum absolute atomic E-state index is 0.0339. The number of benzene rings is 1. The number of likely N-dealkylation sites (N-methyl/N-ethyl adjacent to an activating group) is 1. The summed E-state index contributed by atoms with van der Waals surface area (Å²) in [5, 5.41) is 12.9. The fourth-order valence-corrected chi connectivity index (χ4v) is 4.68. The van der Waals surface area contributed by atoms with Gasteiger partial charge in [0.15, 0.2) is 11.4 Å². The molecule has 1 saturated carbocycles. The highest BCUT2D eigenvalue weighted by Crippen LogP contribution is 2.40. The lowest BCUT2D eigenvalue weighted by Gasteiger charge is -2.39. The molecule has 1 aliphatic carbocycles. The number of fused-ring (bicyclic) bond motifs is 3. The average molecular weight is 434 g/mol.